The zero-order valence-corrected chi connectivity index (χ0v) is 11.3. The van der Waals surface area contributed by atoms with Gasteiger partial charge in [-0.1, -0.05) is 6.92 Å². The molecule has 0 aromatic heterocycles. The molecule has 1 atom stereocenters. The first-order valence-corrected chi connectivity index (χ1v) is 6.42. The summed E-state index contributed by atoms with van der Waals surface area (Å²) < 4.78 is 5.52. The van der Waals surface area contributed by atoms with E-state index in [1.165, 1.54) is 12.8 Å². The van der Waals surface area contributed by atoms with Crippen LogP contribution in [0.1, 0.15) is 26.2 Å². The number of ether oxygens (including phenoxy) is 1. The fraction of sp³-hybridized carbons (Fsp3) is 0.917. The van der Waals surface area contributed by atoms with Crippen molar-refractivity contribution in [3.63, 3.8) is 0 Å². The molecule has 2 rings (SSSR count). The Morgan fingerprint density at radius 2 is 2.24 bits per heavy atom. The molecule has 17 heavy (non-hydrogen) atoms. The maximum atomic E-state index is 12.2. The Morgan fingerprint density at radius 1 is 1.47 bits per heavy atom. The molecular formula is C12H23ClN2O2. The molecule has 2 fully saturated rings. The average molecular weight is 263 g/mol. The van der Waals surface area contributed by atoms with E-state index in [2.05, 4.69) is 12.2 Å². The van der Waals surface area contributed by atoms with Crippen molar-refractivity contribution in [3.8, 4) is 0 Å². The van der Waals surface area contributed by atoms with Gasteiger partial charge in [0, 0.05) is 26.2 Å². The number of rotatable bonds is 5. The molecule has 1 saturated heterocycles. The van der Waals surface area contributed by atoms with Crippen LogP contribution in [0.4, 0.5) is 0 Å². The summed E-state index contributed by atoms with van der Waals surface area (Å²) in [5, 5.41) is 3.21. The van der Waals surface area contributed by atoms with Crippen molar-refractivity contribution in [1.29, 1.82) is 0 Å². The van der Waals surface area contributed by atoms with Crippen LogP contribution in [0.5, 0.6) is 0 Å². The lowest BCUT2D eigenvalue weighted by molar-refractivity contribution is -0.145. The summed E-state index contributed by atoms with van der Waals surface area (Å²) in [5.41, 5.74) is 0. The molecule has 0 bridgehead atoms. The molecule has 0 aromatic carbocycles. The normalized spacial score (nSPS) is 23.9. The highest BCUT2D eigenvalue weighted by Crippen LogP contribution is 2.30. The number of carbonyl (C=O) groups excluding carboxylic acids is 1. The SMILES string of the molecule is CCCN(CC1CC1)C(=O)C1CNCCO1.Cl. The second kappa shape index (κ2) is 7.19. The van der Waals surface area contributed by atoms with Gasteiger partial charge >= 0.3 is 0 Å². The van der Waals surface area contributed by atoms with Crippen LogP contribution in [-0.4, -0.2) is 49.7 Å². The first-order chi connectivity index (χ1) is 7.81. The Labute approximate surface area is 109 Å². The lowest BCUT2D eigenvalue weighted by Gasteiger charge is -2.29. The van der Waals surface area contributed by atoms with Crippen molar-refractivity contribution in [2.75, 3.05) is 32.8 Å². The standard InChI is InChI=1S/C12H22N2O2.ClH/c1-2-6-14(9-10-3-4-10)12(15)11-8-13-5-7-16-11;/h10-11,13H,2-9H2,1H3;1H. The second-order valence-corrected chi connectivity index (χ2v) is 4.79. The number of halogens is 1. The molecule has 1 N–H and O–H groups in total. The summed E-state index contributed by atoms with van der Waals surface area (Å²) in [6.45, 7) is 6.11. The number of nitrogens with one attached hydrogen (secondary N) is 1. The minimum Gasteiger partial charge on any atom is -0.366 e. The second-order valence-electron chi connectivity index (χ2n) is 4.79. The predicted molar refractivity (Wildman–Crippen MR) is 69.5 cm³/mol. The molecule has 5 heteroatoms. The number of nitrogens with zero attached hydrogens (tertiary/aromatic N) is 1. The van der Waals surface area contributed by atoms with Gasteiger partial charge in [-0.25, -0.2) is 0 Å². The first kappa shape index (κ1) is 14.7. The van der Waals surface area contributed by atoms with E-state index in [0.717, 1.165) is 32.0 Å². The smallest absolute Gasteiger partial charge is 0.253 e. The van der Waals surface area contributed by atoms with Gasteiger partial charge in [0.15, 0.2) is 0 Å². The van der Waals surface area contributed by atoms with E-state index in [4.69, 9.17) is 4.74 Å². The van der Waals surface area contributed by atoms with Crippen LogP contribution in [0.25, 0.3) is 0 Å². The Balaban J connectivity index is 0.00000144. The summed E-state index contributed by atoms with van der Waals surface area (Å²) in [6, 6.07) is 0. The van der Waals surface area contributed by atoms with Gasteiger partial charge in [0.1, 0.15) is 6.10 Å². The molecule has 0 radical (unpaired) electrons. The van der Waals surface area contributed by atoms with Crippen LogP contribution in [0.3, 0.4) is 0 Å². The van der Waals surface area contributed by atoms with Crippen molar-refractivity contribution >= 4 is 18.3 Å². The monoisotopic (exact) mass is 262 g/mol. The van der Waals surface area contributed by atoms with Gasteiger partial charge in [-0.3, -0.25) is 4.79 Å². The summed E-state index contributed by atoms with van der Waals surface area (Å²) >= 11 is 0. The van der Waals surface area contributed by atoms with Gasteiger partial charge in [-0.15, -0.1) is 12.4 Å². The van der Waals surface area contributed by atoms with Crippen molar-refractivity contribution < 1.29 is 9.53 Å². The van der Waals surface area contributed by atoms with Crippen LogP contribution in [-0.2, 0) is 9.53 Å². The Morgan fingerprint density at radius 3 is 2.76 bits per heavy atom. The van der Waals surface area contributed by atoms with Crippen molar-refractivity contribution in [2.24, 2.45) is 5.92 Å². The third kappa shape index (κ3) is 4.45. The zero-order valence-electron chi connectivity index (χ0n) is 10.5. The third-order valence-corrected chi connectivity index (χ3v) is 3.18. The average Bonchev–Trinajstić information content (AvgIpc) is 3.13. The van der Waals surface area contributed by atoms with Crippen LogP contribution in [0.15, 0.2) is 0 Å². The molecule has 100 valence electrons. The summed E-state index contributed by atoms with van der Waals surface area (Å²) in [7, 11) is 0. The maximum absolute atomic E-state index is 12.2. The van der Waals surface area contributed by atoms with Crippen molar-refractivity contribution in [2.45, 2.75) is 32.3 Å². The van der Waals surface area contributed by atoms with Crippen LogP contribution in [0, 0.1) is 5.92 Å². The third-order valence-electron chi connectivity index (χ3n) is 3.18. The molecule has 0 aromatic rings. The molecule has 1 unspecified atom stereocenters. The molecule has 1 saturated carbocycles. The molecule has 1 aliphatic carbocycles. The Hall–Kier alpha value is -0.320. The largest absolute Gasteiger partial charge is 0.366 e. The van der Waals surface area contributed by atoms with Gasteiger partial charge in [-0.05, 0) is 25.2 Å². The zero-order chi connectivity index (χ0) is 11.4. The molecule has 4 nitrogen and oxygen atoms in total. The highest BCUT2D eigenvalue weighted by molar-refractivity contribution is 5.85. The lowest BCUT2D eigenvalue weighted by atomic mass is 10.2. The van der Waals surface area contributed by atoms with Gasteiger partial charge in [0.25, 0.3) is 5.91 Å². The van der Waals surface area contributed by atoms with Gasteiger partial charge in [-0.2, -0.15) is 0 Å². The van der Waals surface area contributed by atoms with E-state index >= 15 is 0 Å². The topological polar surface area (TPSA) is 41.6 Å². The fourth-order valence-corrected chi connectivity index (χ4v) is 2.10. The van der Waals surface area contributed by atoms with E-state index in [-0.39, 0.29) is 24.4 Å². The van der Waals surface area contributed by atoms with Crippen molar-refractivity contribution in [1.82, 2.24) is 10.2 Å². The summed E-state index contributed by atoms with van der Waals surface area (Å²) in [5.74, 6) is 0.938. The summed E-state index contributed by atoms with van der Waals surface area (Å²) in [4.78, 5) is 14.2. The Kier molecular flexibility index (Phi) is 6.23. The molecule has 1 heterocycles. The van der Waals surface area contributed by atoms with Gasteiger partial charge < -0.3 is 15.0 Å². The van der Waals surface area contributed by atoms with E-state index in [1.54, 1.807) is 0 Å². The first-order valence-electron chi connectivity index (χ1n) is 6.42. The van der Waals surface area contributed by atoms with E-state index < -0.39 is 0 Å². The minimum atomic E-state index is -0.251. The van der Waals surface area contributed by atoms with Gasteiger partial charge in [0.05, 0.1) is 6.61 Å². The molecule has 1 aliphatic heterocycles. The predicted octanol–water partition coefficient (Wildman–Crippen LogP) is 1.05. The summed E-state index contributed by atoms with van der Waals surface area (Å²) in [6.07, 6.45) is 3.35. The maximum Gasteiger partial charge on any atom is 0.253 e. The number of morpholine rings is 1. The molecule has 1 amide bonds. The Bertz CT molecular complexity index is 241. The highest BCUT2D eigenvalue weighted by Gasteiger charge is 2.31. The van der Waals surface area contributed by atoms with E-state index in [0.29, 0.717) is 13.2 Å². The number of hydrogen-bond donors (Lipinski definition) is 1. The molecule has 2 aliphatic rings. The van der Waals surface area contributed by atoms with E-state index in [1.807, 2.05) is 4.90 Å². The molecular weight excluding hydrogens is 240 g/mol. The van der Waals surface area contributed by atoms with Gasteiger partial charge in [0.2, 0.25) is 0 Å². The van der Waals surface area contributed by atoms with E-state index in [9.17, 15) is 4.79 Å². The molecule has 0 spiro atoms. The number of carbonyl (C=O) groups is 1. The highest BCUT2D eigenvalue weighted by atomic mass is 35.5. The number of amides is 1. The fourth-order valence-electron chi connectivity index (χ4n) is 2.10. The number of hydrogen-bond acceptors (Lipinski definition) is 3. The lowest BCUT2D eigenvalue weighted by Crippen LogP contribution is -2.50. The minimum absolute atomic E-state index is 0. The van der Waals surface area contributed by atoms with Crippen LogP contribution >= 0.6 is 12.4 Å². The van der Waals surface area contributed by atoms with Crippen LogP contribution < -0.4 is 5.32 Å². The quantitative estimate of drug-likeness (QED) is 0.805. The van der Waals surface area contributed by atoms with Crippen molar-refractivity contribution in [3.05, 3.63) is 0 Å². The van der Waals surface area contributed by atoms with Crippen LogP contribution in [0.2, 0.25) is 0 Å².